The molecule has 0 aliphatic heterocycles. The van der Waals surface area contributed by atoms with Crippen molar-refractivity contribution in [1.82, 2.24) is 4.98 Å². The molecule has 0 bridgehead atoms. The van der Waals surface area contributed by atoms with Gasteiger partial charge in [-0.1, -0.05) is 13.8 Å². The predicted molar refractivity (Wildman–Crippen MR) is 67.7 cm³/mol. The number of nitrogens with zero attached hydrogens (tertiary/aromatic N) is 2. The number of pyridine rings is 1. The minimum atomic E-state index is 0.573. The first-order valence-corrected chi connectivity index (χ1v) is 5.90. The molecule has 0 aromatic carbocycles. The molecule has 0 unspecified atom stereocenters. The zero-order valence-electron chi connectivity index (χ0n) is 10.4. The lowest BCUT2D eigenvalue weighted by Crippen LogP contribution is -2.09. The molecule has 0 amide bonds. The third kappa shape index (κ3) is 5.32. The highest BCUT2D eigenvalue weighted by atomic mass is 16.5. The number of aromatic nitrogens is 1. The highest BCUT2D eigenvalue weighted by Gasteiger charge is 2.00. The Morgan fingerprint density at radius 3 is 3.06 bits per heavy atom. The van der Waals surface area contributed by atoms with Gasteiger partial charge in [0, 0.05) is 26.0 Å². The fraction of sp³-hybridized carbons (Fsp3) is 0.538. The first kappa shape index (κ1) is 13.5. The van der Waals surface area contributed by atoms with E-state index < -0.39 is 0 Å². The minimum Gasteiger partial charge on any atom is -0.381 e. The van der Waals surface area contributed by atoms with E-state index in [0.717, 1.165) is 26.2 Å². The second kappa shape index (κ2) is 7.64. The lowest BCUT2D eigenvalue weighted by atomic mass is 10.2. The summed E-state index contributed by atoms with van der Waals surface area (Å²) in [6, 6.07) is 5.62. The van der Waals surface area contributed by atoms with Crippen LogP contribution in [0, 0.1) is 17.2 Å². The Morgan fingerprint density at radius 2 is 2.35 bits per heavy atom. The van der Waals surface area contributed by atoms with Crippen LogP contribution in [0.2, 0.25) is 0 Å². The third-order valence-corrected chi connectivity index (χ3v) is 2.14. The van der Waals surface area contributed by atoms with Gasteiger partial charge in [-0.05, 0) is 24.5 Å². The molecular formula is C13H19N3O. The molecule has 1 aromatic heterocycles. The first-order chi connectivity index (χ1) is 8.24. The van der Waals surface area contributed by atoms with Crippen molar-refractivity contribution < 1.29 is 4.74 Å². The Bertz CT molecular complexity index is 371. The van der Waals surface area contributed by atoms with Gasteiger partial charge < -0.3 is 10.1 Å². The van der Waals surface area contributed by atoms with Crippen molar-refractivity contribution in [3.8, 4) is 6.07 Å². The van der Waals surface area contributed by atoms with E-state index in [2.05, 4.69) is 30.2 Å². The highest BCUT2D eigenvalue weighted by Crippen LogP contribution is 2.09. The Hall–Kier alpha value is -1.60. The molecule has 0 fully saturated rings. The van der Waals surface area contributed by atoms with Crippen molar-refractivity contribution in [2.75, 3.05) is 25.1 Å². The van der Waals surface area contributed by atoms with Crippen molar-refractivity contribution in [3.05, 3.63) is 23.9 Å². The average molecular weight is 233 g/mol. The molecule has 0 atom stereocenters. The van der Waals surface area contributed by atoms with Gasteiger partial charge in [0.1, 0.15) is 11.9 Å². The molecule has 1 rings (SSSR count). The molecule has 0 spiro atoms. The van der Waals surface area contributed by atoms with Gasteiger partial charge in [0.15, 0.2) is 0 Å². The van der Waals surface area contributed by atoms with E-state index in [9.17, 15) is 0 Å². The smallest absolute Gasteiger partial charge is 0.143 e. The molecular weight excluding hydrogens is 214 g/mol. The fourth-order valence-electron chi connectivity index (χ4n) is 1.34. The maximum Gasteiger partial charge on any atom is 0.143 e. The topological polar surface area (TPSA) is 57.9 Å². The number of hydrogen-bond acceptors (Lipinski definition) is 4. The summed E-state index contributed by atoms with van der Waals surface area (Å²) >= 11 is 0. The molecule has 4 nitrogen and oxygen atoms in total. The van der Waals surface area contributed by atoms with Crippen molar-refractivity contribution in [2.45, 2.75) is 20.3 Å². The van der Waals surface area contributed by atoms with Crippen LogP contribution in [0.3, 0.4) is 0 Å². The molecule has 1 aromatic rings. The van der Waals surface area contributed by atoms with Crippen LogP contribution in [0.1, 0.15) is 25.8 Å². The first-order valence-electron chi connectivity index (χ1n) is 5.90. The predicted octanol–water partition coefficient (Wildman–Crippen LogP) is 2.43. The molecule has 17 heavy (non-hydrogen) atoms. The summed E-state index contributed by atoms with van der Waals surface area (Å²) in [4.78, 5) is 4.12. The normalized spacial score (nSPS) is 10.2. The van der Waals surface area contributed by atoms with Crippen LogP contribution in [0.25, 0.3) is 0 Å². The summed E-state index contributed by atoms with van der Waals surface area (Å²) in [5, 5.41) is 12.0. The maximum atomic E-state index is 8.87. The van der Waals surface area contributed by atoms with Crippen molar-refractivity contribution in [3.63, 3.8) is 0 Å². The van der Waals surface area contributed by atoms with Crippen LogP contribution in [0.15, 0.2) is 18.3 Å². The lowest BCUT2D eigenvalue weighted by molar-refractivity contribution is 0.110. The van der Waals surface area contributed by atoms with Crippen LogP contribution < -0.4 is 5.32 Å². The summed E-state index contributed by atoms with van der Waals surface area (Å²) in [7, 11) is 0. The van der Waals surface area contributed by atoms with Crippen molar-refractivity contribution in [1.29, 1.82) is 5.26 Å². The van der Waals surface area contributed by atoms with E-state index in [1.165, 1.54) is 0 Å². The van der Waals surface area contributed by atoms with Gasteiger partial charge in [-0.2, -0.15) is 5.26 Å². The molecule has 0 radical (unpaired) electrons. The van der Waals surface area contributed by atoms with E-state index in [1.54, 1.807) is 18.3 Å². The number of nitrogens with one attached hydrogen (secondary N) is 1. The van der Waals surface area contributed by atoms with Gasteiger partial charge in [-0.3, -0.25) is 0 Å². The number of nitriles is 1. The molecule has 1 N–H and O–H groups in total. The molecule has 1 heterocycles. The summed E-state index contributed by atoms with van der Waals surface area (Å²) in [5.74, 6) is 1.22. The van der Waals surface area contributed by atoms with Gasteiger partial charge in [0.25, 0.3) is 0 Å². The van der Waals surface area contributed by atoms with Gasteiger partial charge >= 0.3 is 0 Å². The fourth-order valence-corrected chi connectivity index (χ4v) is 1.34. The van der Waals surface area contributed by atoms with Crippen LogP contribution in [-0.2, 0) is 4.74 Å². The molecule has 4 heteroatoms. The molecule has 92 valence electrons. The Kier molecular flexibility index (Phi) is 6.05. The standard InChI is InChI=1S/C13H19N3O/c1-11(2)10-17-8-4-7-16-13-12(9-14)5-3-6-15-13/h3,5-6,11H,4,7-8,10H2,1-2H3,(H,15,16). The van der Waals surface area contributed by atoms with Gasteiger partial charge in [-0.15, -0.1) is 0 Å². The monoisotopic (exact) mass is 233 g/mol. The number of hydrogen-bond donors (Lipinski definition) is 1. The van der Waals surface area contributed by atoms with Gasteiger partial charge in [-0.25, -0.2) is 4.98 Å². The lowest BCUT2D eigenvalue weighted by Gasteiger charge is -2.08. The summed E-state index contributed by atoms with van der Waals surface area (Å²) < 4.78 is 5.46. The molecule has 0 aliphatic rings. The summed E-state index contributed by atoms with van der Waals surface area (Å²) in [5.41, 5.74) is 0.579. The molecule has 0 aliphatic carbocycles. The van der Waals surface area contributed by atoms with Crippen molar-refractivity contribution in [2.24, 2.45) is 5.92 Å². The minimum absolute atomic E-state index is 0.573. The van der Waals surface area contributed by atoms with Crippen LogP contribution in [0.4, 0.5) is 5.82 Å². The van der Waals surface area contributed by atoms with E-state index in [0.29, 0.717) is 17.3 Å². The average Bonchev–Trinajstić information content (AvgIpc) is 2.33. The van der Waals surface area contributed by atoms with Crippen LogP contribution >= 0.6 is 0 Å². The third-order valence-electron chi connectivity index (χ3n) is 2.14. The SMILES string of the molecule is CC(C)COCCCNc1ncccc1C#N. The second-order valence-corrected chi connectivity index (χ2v) is 4.26. The maximum absolute atomic E-state index is 8.87. The zero-order chi connectivity index (χ0) is 12.5. The van der Waals surface area contributed by atoms with Gasteiger partial charge in [0.05, 0.1) is 5.56 Å². The van der Waals surface area contributed by atoms with E-state index >= 15 is 0 Å². The van der Waals surface area contributed by atoms with E-state index in [1.807, 2.05) is 0 Å². The van der Waals surface area contributed by atoms with Crippen molar-refractivity contribution >= 4 is 5.82 Å². The Balaban J connectivity index is 2.20. The van der Waals surface area contributed by atoms with Gasteiger partial charge in [0.2, 0.25) is 0 Å². The van der Waals surface area contributed by atoms with E-state index in [-0.39, 0.29) is 0 Å². The zero-order valence-corrected chi connectivity index (χ0v) is 10.4. The largest absolute Gasteiger partial charge is 0.381 e. The number of rotatable bonds is 7. The molecule has 0 saturated heterocycles. The van der Waals surface area contributed by atoms with Crippen LogP contribution in [-0.4, -0.2) is 24.7 Å². The number of anilines is 1. The molecule has 0 saturated carbocycles. The number of ether oxygens (including phenoxy) is 1. The Labute approximate surface area is 103 Å². The quantitative estimate of drug-likeness (QED) is 0.735. The Morgan fingerprint density at radius 1 is 1.53 bits per heavy atom. The summed E-state index contributed by atoms with van der Waals surface area (Å²) in [6.07, 6.45) is 2.59. The summed E-state index contributed by atoms with van der Waals surface area (Å²) in [6.45, 7) is 6.56. The van der Waals surface area contributed by atoms with E-state index in [4.69, 9.17) is 10.00 Å². The second-order valence-electron chi connectivity index (χ2n) is 4.26. The van der Waals surface area contributed by atoms with Crippen LogP contribution in [0.5, 0.6) is 0 Å². The highest BCUT2D eigenvalue weighted by molar-refractivity contribution is 5.50.